The first-order valence-corrected chi connectivity index (χ1v) is 9.77. The van der Waals surface area contributed by atoms with Gasteiger partial charge in [-0.05, 0) is 43.7 Å². The maximum atomic E-state index is 4.33. The minimum absolute atomic E-state index is 0. The minimum atomic E-state index is 0. The van der Waals surface area contributed by atoms with Crippen molar-refractivity contribution in [3.8, 4) is 0 Å². The average molecular weight is 462 g/mol. The van der Waals surface area contributed by atoms with Gasteiger partial charge in [0.25, 0.3) is 0 Å². The molecule has 2 atom stereocenters. The number of hydrogen-bond donors (Lipinski definition) is 2. The van der Waals surface area contributed by atoms with Crippen LogP contribution in [-0.4, -0.2) is 44.1 Å². The lowest BCUT2D eigenvalue weighted by Gasteiger charge is -2.22. The van der Waals surface area contributed by atoms with Crippen molar-refractivity contribution in [2.75, 3.05) is 37.8 Å². The zero-order chi connectivity index (χ0) is 16.7. The number of rotatable bonds is 6. The van der Waals surface area contributed by atoms with E-state index >= 15 is 0 Å². The van der Waals surface area contributed by atoms with Crippen LogP contribution in [0.1, 0.15) is 38.3 Å². The Morgan fingerprint density at radius 2 is 2.00 bits per heavy atom. The van der Waals surface area contributed by atoms with E-state index in [0.717, 1.165) is 12.5 Å². The number of nitrogens with one attached hydrogen (secondary N) is 2. The van der Waals surface area contributed by atoms with Gasteiger partial charge in [-0.25, -0.2) is 0 Å². The van der Waals surface area contributed by atoms with Crippen LogP contribution in [0.2, 0.25) is 0 Å². The summed E-state index contributed by atoms with van der Waals surface area (Å²) >= 11 is 1.86. The summed E-state index contributed by atoms with van der Waals surface area (Å²) in [6.07, 6.45) is 4.75. The van der Waals surface area contributed by atoms with Crippen molar-refractivity contribution < 1.29 is 0 Å². The van der Waals surface area contributed by atoms with Gasteiger partial charge in [0, 0.05) is 37.6 Å². The van der Waals surface area contributed by atoms with E-state index in [2.05, 4.69) is 64.9 Å². The van der Waals surface area contributed by atoms with E-state index in [1.165, 1.54) is 37.2 Å². The molecule has 1 heterocycles. The SMILES string of the molecule is CN=C(NCC(C)SC)NC(C)c1cccc(N2CCCC2)c1.I. The second-order valence-corrected chi connectivity index (χ2v) is 7.43. The quantitative estimate of drug-likeness (QED) is 0.383. The number of guanidine groups is 1. The molecular weight excluding hydrogens is 431 g/mol. The second-order valence-electron chi connectivity index (χ2n) is 6.15. The number of aliphatic imine (C=N–C) groups is 1. The van der Waals surface area contributed by atoms with Crippen LogP contribution in [0, 0.1) is 0 Å². The summed E-state index contributed by atoms with van der Waals surface area (Å²) in [7, 11) is 1.83. The van der Waals surface area contributed by atoms with E-state index in [1.807, 2.05) is 18.8 Å². The number of hydrogen-bond acceptors (Lipinski definition) is 3. The first kappa shape index (κ1) is 21.4. The zero-order valence-electron chi connectivity index (χ0n) is 15.2. The Morgan fingerprint density at radius 1 is 1.29 bits per heavy atom. The van der Waals surface area contributed by atoms with Crippen molar-refractivity contribution in [3.05, 3.63) is 29.8 Å². The fourth-order valence-electron chi connectivity index (χ4n) is 2.77. The van der Waals surface area contributed by atoms with Crippen LogP contribution in [0.3, 0.4) is 0 Å². The molecule has 2 rings (SSSR count). The third kappa shape index (κ3) is 6.35. The Hall–Kier alpha value is -0.630. The third-order valence-electron chi connectivity index (χ3n) is 4.38. The van der Waals surface area contributed by atoms with Gasteiger partial charge in [-0.15, -0.1) is 24.0 Å². The fourth-order valence-corrected chi connectivity index (χ4v) is 3.02. The molecule has 0 saturated carbocycles. The van der Waals surface area contributed by atoms with Crippen molar-refractivity contribution in [1.29, 1.82) is 0 Å². The normalized spacial score (nSPS) is 17.2. The first-order valence-electron chi connectivity index (χ1n) is 8.49. The molecule has 6 heteroatoms. The number of thioether (sulfide) groups is 1. The molecule has 4 nitrogen and oxygen atoms in total. The minimum Gasteiger partial charge on any atom is -0.372 e. The number of halogens is 1. The maximum Gasteiger partial charge on any atom is 0.191 e. The molecule has 24 heavy (non-hydrogen) atoms. The Labute approximate surface area is 168 Å². The summed E-state index contributed by atoms with van der Waals surface area (Å²) in [5.74, 6) is 0.866. The fraction of sp³-hybridized carbons (Fsp3) is 0.611. The molecule has 2 N–H and O–H groups in total. The summed E-state index contributed by atoms with van der Waals surface area (Å²) < 4.78 is 0. The molecule has 0 spiro atoms. The molecular formula is C18H31IN4S. The lowest BCUT2D eigenvalue weighted by molar-refractivity contribution is 0.683. The molecule has 1 aromatic rings. The number of benzene rings is 1. The highest BCUT2D eigenvalue weighted by molar-refractivity contribution is 14.0. The van der Waals surface area contributed by atoms with E-state index in [-0.39, 0.29) is 30.0 Å². The summed E-state index contributed by atoms with van der Waals surface area (Å²) in [4.78, 5) is 6.81. The summed E-state index contributed by atoms with van der Waals surface area (Å²) in [5, 5.41) is 7.46. The molecule has 0 aromatic heterocycles. The van der Waals surface area contributed by atoms with Crippen molar-refractivity contribution >= 4 is 47.4 Å². The van der Waals surface area contributed by atoms with E-state index < -0.39 is 0 Å². The molecule has 0 amide bonds. The monoisotopic (exact) mass is 462 g/mol. The van der Waals surface area contributed by atoms with E-state index in [4.69, 9.17) is 0 Å². The third-order valence-corrected chi connectivity index (χ3v) is 5.35. The Morgan fingerprint density at radius 3 is 2.62 bits per heavy atom. The van der Waals surface area contributed by atoms with E-state index in [0.29, 0.717) is 5.25 Å². The van der Waals surface area contributed by atoms with Gasteiger partial charge in [0.1, 0.15) is 0 Å². The van der Waals surface area contributed by atoms with Crippen molar-refractivity contribution in [2.45, 2.75) is 38.0 Å². The van der Waals surface area contributed by atoms with Crippen molar-refractivity contribution in [3.63, 3.8) is 0 Å². The molecule has 1 saturated heterocycles. The Bertz CT molecular complexity index is 517. The van der Waals surface area contributed by atoms with Gasteiger partial charge in [-0.3, -0.25) is 4.99 Å². The average Bonchev–Trinajstić information content (AvgIpc) is 3.12. The first-order chi connectivity index (χ1) is 11.1. The zero-order valence-corrected chi connectivity index (χ0v) is 18.4. The smallest absolute Gasteiger partial charge is 0.191 e. The van der Waals surface area contributed by atoms with Crippen LogP contribution in [0.4, 0.5) is 5.69 Å². The van der Waals surface area contributed by atoms with Gasteiger partial charge in [-0.1, -0.05) is 19.1 Å². The molecule has 0 bridgehead atoms. The van der Waals surface area contributed by atoms with E-state index in [9.17, 15) is 0 Å². The topological polar surface area (TPSA) is 39.7 Å². The van der Waals surface area contributed by atoms with Crippen LogP contribution in [0.15, 0.2) is 29.3 Å². The van der Waals surface area contributed by atoms with Gasteiger partial charge >= 0.3 is 0 Å². The largest absolute Gasteiger partial charge is 0.372 e. The Kier molecular flexibility index (Phi) is 9.88. The second kappa shape index (κ2) is 11.1. The van der Waals surface area contributed by atoms with Crippen molar-refractivity contribution in [2.24, 2.45) is 4.99 Å². The lowest BCUT2D eigenvalue weighted by Crippen LogP contribution is -2.41. The molecule has 1 fully saturated rings. The lowest BCUT2D eigenvalue weighted by atomic mass is 10.1. The van der Waals surface area contributed by atoms with Crippen LogP contribution in [0.5, 0.6) is 0 Å². The Balaban J connectivity index is 0.00000288. The molecule has 0 radical (unpaired) electrons. The van der Waals surface area contributed by atoms with Gasteiger partial charge in [0.05, 0.1) is 6.04 Å². The van der Waals surface area contributed by atoms with Crippen LogP contribution < -0.4 is 15.5 Å². The summed E-state index contributed by atoms with van der Waals surface area (Å²) in [5.41, 5.74) is 2.64. The molecule has 1 aliphatic heterocycles. The van der Waals surface area contributed by atoms with Crippen LogP contribution >= 0.6 is 35.7 Å². The standard InChI is InChI=1S/C18H30N4S.HI/c1-14(23-4)13-20-18(19-3)21-15(2)16-8-7-9-17(12-16)22-10-5-6-11-22;/h7-9,12,14-15H,5-6,10-11,13H2,1-4H3,(H2,19,20,21);1H. The molecule has 2 unspecified atom stereocenters. The number of nitrogens with zero attached hydrogens (tertiary/aromatic N) is 2. The molecule has 1 aliphatic rings. The van der Waals surface area contributed by atoms with Crippen molar-refractivity contribution in [1.82, 2.24) is 10.6 Å². The predicted octanol–water partition coefficient (Wildman–Crippen LogP) is 3.88. The van der Waals surface area contributed by atoms with Gasteiger partial charge in [0.2, 0.25) is 0 Å². The highest BCUT2D eigenvalue weighted by atomic mass is 127. The van der Waals surface area contributed by atoms with E-state index in [1.54, 1.807) is 0 Å². The predicted molar refractivity (Wildman–Crippen MR) is 119 cm³/mol. The summed E-state index contributed by atoms with van der Waals surface area (Å²) in [6.45, 7) is 7.69. The summed E-state index contributed by atoms with van der Waals surface area (Å²) in [6, 6.07) is 9.10. The van der Waals surface area contributed by atoms with Gasteiger partial charge < -0.3 is 15.5 Å². The van der Waals surface area contributed by atoms with Gasteiger partial charge in [0.15, 0.2) is 5.96 Å². The molecule has 136 valence electrons. The highest BCUT2D eigenvalue weighted by Crippen LogP contribution is 2.23. The van der Waals surface area contributed by atoms with Gasteiger partial charge in [-0.2, -0.15) is 11.8 Å². The number of anilines is 1. The van der Waals surface area contributed by atoms with Crippen LogP contribution in [-0.2, 0) is 0 Å². The van der Waals surface area contributed by atoms with Crippen LogP contribution in [0.25, 0.3) is 0 Å². The highest BCUT2D eigenvalue weighted by Gasteiger charge is 2.14. The molecule has 0 aliphatic carbocycles. The molecule has 1 aromatic carbocycles. The maximum absolute atomic E-state index is 4.33.